The maximum Gasteiger partial charge on any atom is 0.274 e. The standard InChI is InChI=1S/C31H36N4O2/c1-33-18-17-28(32-33)31(36)34(2)29(21-23-9-5-4-6-10-23)24-15-19-35(20-16-24)22-25-13-14-30(37-3)27-12-8-7-11-26(25)27/h4-14,17-18,24,29H,15-16,19-22H2,1-3H3. The lowest BCUT2D eigenvalue weighted by Crippen LogP contribution is -2.47. The fourth-order valence-electron chi connectivity index (χ4n) is 5.72. The zero-order valence-electron chi connectivity index (χ0n) is 22.0. The Balaban J connectivity index is 1.30. The smallest absolute Gasteiger partial charge is 0.274 e. The molecule has 1 aliphatic heterocycles. The van der Waals surface area contributed by atoms with Crippen molar-refractivity contribution in [2.75, 3.05) is 27.2 Å². The Morgan fingerprint density at radius 1 is 1.00 bits per heavy atom. The number of benzene rings is 3. The lowest BCUT2D eigenvalue weighted by atomic mass is 9.84. The third-order valence-corrected chi connectivity index (χ3v) is 7.80. The largest absolute Gasteiger partial charge is 0.496 e. The van der Waals surface area contributed by atoms with E-state index < -0.39 is 0 Å². The first kappa shape index (κ1) is 25.0. The Morgan fingerprint density at radius 2 is 1.70 bits per heavy atom. The lowest BCUT2D eigenvalue weighted by molar-refractivity contribution is 0.0579. The van der Waals surface area contributed by atoms with Crippen molar-refractivity contribution in [3.8, 4) is 5.75 Å². The Labute approximate surface area is 219 Å². The van der Waals surface area contributed by atoms with Gasteiger partial charge in [-0.2, -0.15) is 5.10 Å². The molecule has 6 heteroatoms. The van der Waals surface area contributed by atoms with Crippen LogP contribution in [0.3, 0.4) is 0 Å². The van der Waals surface area contributed by atoms with Crippen LogP contribution in [0.5, 0.6) is 5.75 Å². The fraction of sp³-hybridized carbons (Fsp3) is 0.355. The van der Waals surface area contributed by atoms with Gasteiger partial charge in [0.1, 0.15) is 11.4 Å². The molecule has 0 aliphatic carbocycles. The number of nitrogens with zero attached hydrogens (tertiary/aromatic N) is 4. The molecule has 5 rings (SSSR count). The summed E-state index contributed by atoms with van der Waals surface area (Å²) in [6, 6.07) is 25.2. The predicted molar refractivity (Wildman–Crippen MR) is 148 cm³/mol. The first-order valence-corrected chi connectivity index (χ1v) is 13.1. The van der Waals surface area contributed by atoms with E-state index in [-0.39, 0.29) is 11.9 Å². The van der Waals surface area contributed by atoms with Gasteiger partial charge in [0.25, 0.3) is 5.91 Å². The molecule has 1 fully saturated rings. The monoisotopic (exact) mass is 496 g/mol. The minimum Gasteiger partial charge on any atom is -0.496 e. The number of amides is 1. The predicted octanol–water partition coefficient (Wildman–Crippen LogP) is 5.18. The van der Waals surface area contributed by atoms with E-state index in [0.29, 0.717) is 11.6 Å². The normalized spacial score (nSPS) is 15.5. The van der Waals surface area contributed by atoms with Crippen LogP contribution in [0.2, 0.25) is 0 Å². The molecular formula is C31H36N4O2. The highest BCUT2D eigenvalue weighted by molar-refractivity contribution is 5.92. The van der Waals surface area contributed by atoms with E-state index in [0.717, 1.165) is 50.0 Å². The number of aryl methyl sites for hydroxylation is 1. The third kappa shape index (κ3) is 5.54. The molecule has 1 saturated heterocycles. The Kier molecular flexibility index (Phi) is 7.56. The van der Waals surface area contributed by atoms with E-state index in [2.05, 4.69) is 70.7 Å². The summed E-state index contributed by atoms with van der Waals surface area (Å²) >= 11 is 0. The summed E-state index contributed by atoms with van der Waals surface area (Å²) < 4.78 is 7.27. The van der Waals surface area contributed by atoms with Crippen LogP contribution in [0.15, 0.2) is 79.0 Å². The average Bonchev–Trinajstić information content (AvgIpc) is 3.38. The number of likely N-dealkylation sites (N-methyl/N-ethyl adjacent to an activating group) is 1. The number of piperidine rings is 1. The van der Waals surface area contributed by atoms with Gasteiger partial charge in [-0.3, -0.25) is 14.4 Å². The number of ether oxygens (including phenoxy) is 1. The summed E-state index contributed by atoms with van der Waals surface area (Å²) in [5.74, 6) is 1.35. The van der Waals surface area contributed by atoms with Crippen LogP contribution in [0, 0.1) is 5.92 Å². The summed E-state index contributed by atoms with van der Waals surface area (Å²) in [4.78, 5) is 17.8. The van der Waals surface area contributed by atoms with E-state index in [4.69, 9.17) is 4.74 Å². The number of carbonyl (C=O) groups is 1. The molecule has 0 saturated carbocycles. The van der Waals surface area contributed by atoms with E-state index in [1.807, 2.05) is 31.3 Å². The molecule has 3 aromatic carbocycles. The van der Waals surface area contributed by atoms with Gasteiger partial charge in [-0.05, 0) is 66.9 Å². The van der Waals surface area contributed by atoms with Gasteiger partial charge >= 0.3 is 0 Å². The van der Waals surface area contributed by atoms with E-state index >= 15 is 0 Å². The minimum absolute atomic E-state index is 0.00587. The molecule has 0 bridgehead atoms. The first-order chi connectivity index (χ1) is 18.0. The lowest BCUT2D eigenvalue weighted by Gasteiger charge is -2.40. The number of rotatable bonds is 8. The zero-order chi connectivity index (χ0) is 25.8. The van der Waals surface area contributed by atoms with Crippen LogP contribution < -0.4 is 4.74 Å². The average molecular weight is 497 g/mol. The molecule has 0 spiro atoms. The number of hydrogen-bond acceptors (Lipinski definition) is 4. The van der Waals surface area contributed by atoms with E-state index in [1.54, 1.807) is 17.9 Å². The summed E-state index contributed by atoms with van der Waals surface area (Å²) in [7, 11) is 5.52. The Morgan fingerprint density at radius 3 is 2.38 bits per heavy atom. The molecule has 37 heavy (non-hydrogen) atoms. The summed E-state index contributed by atoms with van der Waals surface area (Å²) in [5, 5.41) is 6.79. The number of likely N-dealkylation sites (tertiary alicyclic amines) is 1. The van der Waals surface area contributed by atoms with E-state index in [1.165, 1.54) is 16.5 Å². The number of methoxy groups -OCH3 is 1. The number of aromatic nitrogens is 2. The van der Waals surface area contributed by atoms with Crippen molar-refractivity contribution in [2.45, 2.75) is 31.8 Å². The van der Waals surface area contributed by atoms with Gasteiger partial charge in [0.15, 0.2) is 0 Å². The molecule has 2 heterocycles. The summed E-state index contributed by atoms with van der Waals surface area (Å²) in [6.45, 7) is 2.95. The van der Waals surface area contributed by atoms with Gasteiger partial charge in [0, 0.05) is 38.3 Å². The maximum atomic E-state index is 13.3. The molecule has 0 N–H and O–H groups in total. The highest BCUT2D eigenvalue weighted by Crippen LogP contribution is 2.31. The van der Waals surface area contributed by atoms with Crippen LogP contribution in [0.25, 0.3) is 10.8 Å². The van der Waals surface area contributed by atoms with Crippen LogP contribution in [0.4, 0.5) is 0 Å². The van der Waals surface area contributed by atoms with Gasteiger partial charge in [-0.15, -0.1) is 0 Å². The van der Waals surface area contributed by atoms with Gasteiger partial charge in [0.2, 0.25) is 0 Å². The molecule has 192 valence electrons. The first-order valence-electron chi connectivity index (χ1n) is 13.1. The summed E-state index contributed by atoms with van der Waals surface area (Å²) in [6.07, 6.45) is 4.80. The van der Waals surface area contributed by atoms with Crippen molar-refractivity contribution in [3.05, 3.63) is 95.8 Å². The molecule has 0 radical (unpaired) electrons. The number of carbonyl (C=O) groups excluding carboxylic acids is 1. The van der Waals surface area contributed by atoms with Crippen LogP contribution in [-0.2, 0) is 20.0 Å². The van der Waals surface area contributed by atoms with Crippen molar-refractivity contribution in [2.24, 2.45) is 13.0 Å². The van der Waals surface area contributed by atoms with Crippen molar-refractivity contribution in [1.29, 1.82) is 0 Å². The van der Waals surface area contributed by atoms with Crippen molar-refractivity contribution >= 4 is 16.7 Å². The second kappa shape index (κ2) is 11.2. The van der Waals surface area contributed by atoms with Crippen molar-refractivity contribution in [1.82, 2.24) is 19.6 Å². The van der Waals surface area contributed by atoms with E-state index in [9.17, 15) is 4.79 Å². The number of fused-ring (bicyclic) bond motifs is 1. The Hall–Kier alpha value is -3.64. The SMILES string of the molecule is COc1ccc(CN2CCC(C(Cc3ccccc3)N(C)C(=O)c3ccn(C)n3)CC2)c2ccccc12. The van der Waals surface area contributed by atoms with Crippen LogP contribution in [0.1, 0.15) is 34.5 Å². The van der Waals surface area contributed by atoms with Gasteiger partial charge < -0.3 is 9.64 Å². The molecule has 1 atom stereocenters. The van der Waals surface area contributed by atoms with Gasteiger partial charge in [-0.25, -0.2) is 0 Å². The molecule has 1 unspecified atom stereocenters. The van der Waals surface area contributed by atoms with Crippen molar-refractivity contribution < 1.29 is 9.53 Å². The van der Waals surface area contributed by atoms with Gasteiger partial charge in [-0.1, -0.05) is 60.7 Å². The molecule has 1 amide bonds. The zero-order valence-corrected chi connectivity index (χ0v) is 22.0. The highest BCUT2D eigenvalue weighted by Gasteiger charge is 2.32. The third-order valence-electron chi connectivity index (χ3n) is 7.80. The highest BCUT2D eigenvalue weighted by atomic mass is 16.5. The van der Waals surface area contributed by atoms with Crippen LogP contribution >= 0.6 is 0 Å². The van der Waals surface area contributed by atoms with Crippen LogP contribution in [-0.4, -0.2) is 58.8 Å². The second-order valence-corrected chi connectivity index (χ2v) is 10.1. The summed E-state index contributed by atoms with van der Waals surface area (Å²) in [5.41, 5.74) is 3.10. The molecule has 4 aromatic rings. The molecule has 6 nitrogen and oxygen atoms in total. The maximum absolute atomic E-state index is 13.3. The van der Waals surface area contributed by atoms with Gasteiger partial charge in [0.05, 0.1) is 7.11 Å². The molecule has 1 aliphatic rings. The number of hydrogen-bond donors (Lipinski definition) is 0. The quantitative estimate of drug-likeness (QED) is 0.337. The molecule has 1 aromatic heterocycles. The topological polar surface area (TPSA) is 50.6 Å². The van der Waals surface area contributed by atoms with Crippen molar-refractivity contribution in [3.63, 3.8) is 0 Å². The Bertz CT molecular complexity index is 1340. The minimum atomic E-state index is -0.00587. The molecular weight excluding hydrogens is 460 g/mol. The fourth-order valence-corrected chi connectivity index (χ4v) is 5.72. The second-order valence-electron chi connectivity index (χ2n) is 10.1.